The van der Waals surface area contributed by atoms with Crippen LogP contribution in [0.2, 0.25) is 0 Å². The normalized spacial score (nSPS) is 13.6. The Kier molecular flexibility index (Phi) is 4.55. The summed E-state index contributed by atoms with van der Waals surface area (Å²) < 4.78 is 0. The molecular formula is C21H18O2S. The summed E-state index contributed by atoms with van der Waals surface area (Å²) >= 11 is 1.44. The summed E-state index contributed by atoms with van der Waals surface area (Å²) in [6.07, 6.45) is 0. The minimum absolute atomic E-state index is 0.672. The van der Waals surface area contributed by atoms with Crippen molar-refractivity contribution < 1.29 is 10.2 Å². The van der Waals surface area contributed by atoms with Crippen LogP contribution in [0, 0.1) is 11.8 Å². The zero-order chi connectivity index (χ0) is 17.0. The summed E-state index contributed by atoms with van der Waals surface area (Å²) in [6, 6.07) is 22.3. The average molecular weight is 334 g/mol. The highest BCUT2D eigenvalue weighted by molar-refractivity contribution is 7.10. The van der Waals surface area contributed by atoms with E-state index < -0.39 is 11.2 Å². The summed E-state index contributed by atoms with van der Waals surface area (Å²) in [6.45, 7) is 1.64. The predicted molar refractivity (Wildman–Crippen MR) is 97.5 cm³/mol. The molecule has 0 spiro atoms. The topological polar surface area (TPSA) is 40.5 Å². The zero-order valence-electron chi connectivity index (χ0n) is 13.3. The monoisotopic (exact) mass is 334 g/mol. The molecule has 3 aromatic rings. The van der Waals surface area contributed by atoms with Crippen LogP contribution in [0.4, 0.5) is 0 Å². The lowest BCUT2D eigenvalue weighted by Crippen LogP contribution is -2.27. The van der Waals surface area contributed by atoms with Gasteiger partial charge in [0.15, 0.2) is 11.2 Å². The molecule has 24 heavy (non-hydrogen) atoms. The standard InChI is InChI=1S/C21H18O2S/c1-20(22,19-13-8-16-24-19)14-15-21(23,17-9-4-2-5-10-17)18-11-6-3-7-12-18/h2-13,16,22-23H,1H3/t20-/m1/s1. The van der Waals surface area contributed by atoms with Gasteiger partial charge in [0.25, 0.3) is 0 Å². The lowest BCUT2D eigenvalue weighted by atomic mass is 9.86. The first-order valence-electron chi connectivity index (χ1n) is 7.66. The van der Waals surface area contributed by atoms with Crippen molar-refractivity contribution in [3.05, 3.63) is 94.2 Å². The Morgan fingerprint density at radius 3 is 1.75 bits per heavy atom. The molecule has 0 fully saturated rings. The van der Waals surface area contributed by atoms with Gasteiger partial charge in [-0.1, -0.05) is 78.6 Å². The van der Waals surface area contributed by atoms with Crippen molar-refractivity contribution in [1.29, 1.82) is 0 Å². The highest BCUT2D eigenvalue weighted by Crippen LogP contribution is 2.30. The Bertz CT molecular complexity index is 802. The summed E-state index contributed by atoms with van der Waals surface area (Å²) in [5.74, 6) is 5.78. The number of hydrogen-bond acceptors (Lipinski definition) is 3. The summed E-state index contributed by atoms with van der Waals surface area (Å²) in [4.78, 5) is 0.749. The third-order valence-electron chi connectivity index (χ3n) is 3.87. The van der Waals surface area contributed by atoms with Crippen LogP contribution >= 0.6 is 11.3 Å². The van der Waals surface area contributed by atoms with E-state index in [9.17, 15) is 10.2 Å². The van der Waals surface area contributed by atoms with Crippen LogP contribution in [0.25, 0.3) is 0 Å². The van der Waals surface area contributed by atoms with Gasteiger partial charge in [-0.3, -0.25) is 0 Å². The molecule has 0 aliphatic heterocycles. The molecule has 0 saturated carbocycles. The largest absolute Gasteiger partial charge is 0.373 e. The highest BCUT2D eigenvalue weighted by Gasteiger charge is 2.30. The van der Waals surface area contributed by atoms with E-state index >= 15 is 0 Å². The van der Waals surface area contributed by atoms with E-state index in [1.807, 2.05) is 78.2 Å². The van der Waals surface area contributed by atoms with Gasteiger partial charge in [0, 0.05) is 16.0 Å². The van der Waals surface area contributed by atoms with Crippen molar-refractivity contribution >= 4 is 11.3 Å². The van der Waals surface area contributed by atoms with Crippen LogP contribution in [0.15, 0.2) is 78.2 Å². The van der Waals surface area contributed by atoms with Gasteiger partial charge < -0.3 is 10.2 Å². The molecule has 120 valence electrons. The van der Waals surface area contributed by atoms with Crippen LogP contribution in [0.3, 0.4) is 0 Å². The lowest BCUT2D eigenvalue weighted by Gasteiger charge is -2.24. The van der Waals surface area contributed by atoms with Gasteiger partial charge in [0.05, 0.1) is 0 Å². The molecular weight excluding hydrogens is 316 g/mol. The second-order valence-electron chi connectivity index (χ2n) is 5.74. The van der Waals surface area contributed by atoms with Gasteiger partial charge in [-0.05, 0) is 18.4 Å². The van der Waals surface area contributed by atoms with Gasteiger partial charge in [-0.15, -0.1) is 11.3 Å². The molecule has 2 aromatic carbocycles. The van der Waals surface area contributed by atoms with E-state index in [1.54, 1.807) is 6.92 Å². The predicted octanol–water partition coefficient (Wildman–Crippen LogP) is 3.90. The molecule has 0 aliphatic carbocycles. The molecule has 3 heteroatoms. The molecule has 1 heterocycles. The van der Waals surface area contributed by atoms with E-state index in [4.69, 9.17) is 0 Å². The van der Waals surface area contributed by atoms with Crippen molar-refractivity contribution in [2.24, 2.45) is 0 Å². The average Bonchev–Trinajstić information content (AvgIpc) is 3.17. The van der Waals surface area contributed by atoms with Crippen LogP contribution in [0.1, 0.15) is 22.9 Å². The fourth-order valence-corrected chi connectivity index (χ4v) is 3.24. The molecule has 0 amide bonds. The van der Waals surface area contributed by atoms with Gasteiger partial charge in [0.2, 0.25) is 0 Å². The highest BCUT2D eigenvalue weighted by atomic mass is 32.1. The number of aliphatic hydroxyl groups is 2. The molecule has 0 bridgehead atoms. The Morgan fingerprint density at radius 1 is 0.750 bits per heavy atom. The molecule has 2 nitrogen and oxygen atoms in total. The first-order valence-corrected chi connectivity index (χ1v) is 8.54. The van der Waals surface area contributed by atoms with Crippen LogP contribution in [0.5, 0.6) is 0 Å². The maximum absolute atomic E-state index is 11.3. The van der Waals surface area contributed by atoms with Crippen LogP contribution < -0.4 is 0 Å². The second kappa shape index (κ2) is 6.62. The summed E-state index contributed by atoms with van der Waals surface area (Å²) in [5.41, 5.74) is -1.45. The molecule has 0 unspecified atom stereocenters. The van der Waals surface area contributed by atoms with Crippen LogP contribution in [-0.4, -0.2) is 10.2 Å². The molecule has 0 aliphatic rings. The maximum Gasteiger partial charge on any atom is 0.176 e. The third-order valence-corrected chi connectivity index (χ3v) is 4.95. The summed E-state index contributed by atoms with van der Waals surface area (Å²) in [7, 11) is 0. The first-order chi connectivity index (χ1) is 11.5. The third kappa shape index (κ3) is 3.27. The van der Waals surface area contributed by atoms with E-state index in [0.29, 0.717) is 11.1 Å². The Hall–Kier alpha value is -2.38. The number of rotatable bonds is 3. The quantitative estimate of drug-likeness (QED) is 0.713. The van der Waals surface area contributed by atoms with Crippen molar-refractivity contribution in [3.63, 3.8) is 0 Å². The number of hydrogen-bond donors (Lipinski definition) is 2. The Balaban J connectivity index is 2.10. The van der Waals surface area contributed by atoms with E-state index in [-0.39, 0.29) is 0 Å². The second-order valence-corrected chi connectivity index (χ2v) is 6.69. The van der Waals surface area contributed by atoms with E-state index in [0.717, 1.165) is 4.88 Å². The van der Waals surface area contributed by atoms with E-state index in [2.05, 4.69) is 11.8 Å². The van der Waals surface area contributed by atoms with E-state index in [1.165, 1.54) is 11.3 Å². The SMILES string of the molecule is C[C@@](O)(C#CC(O)(c1ccccc1)c1ccccc1)c1cccs1. The first kappa shape index (κ1) is 16.5. The lowest BCUT2D eigenvalue weighted by molar-refractivity contribution is 0.120. The van der Waals surface area contributed by atoms with Crippen molar-refractivity contribution in [2.45, 2.75) is 18.1 Å². The summed E-state index contributed by atoms with van der Waals surface area (Å²) in [5, 5.41) is 23.9. The minimum Gasteiger partial charge on any atom is -0.373 e. The fourth-order valence-electron chi connectivity index (χ4n) is 2.50. The molecule has 1 atom stereocenters. The van der Waals surface area contributed by atoms with Gasteiger partial charge in [-0.25, -0.2) is 0 Å². The zero-order valence-corrected chi connectivity index (χ0v) is 14.1. The molecule has 0 saturated heterocycles. The van der Waals surface area contributed by atoms with Gasteiger partial charge in [-0.2, -0.15) is 0 Å². The van der Waals surface area contributed by atoms with Crippen molar-refractivity contribution in [2.75, 3.05) is 0 Å². The molecule has 2 N–H and O–H groups in total. The molecule has 0 radical (unpaired) electrons. The Labute approximate surface area is 146 Å². The number of thiophene rings is 1. The van der Waals surface area contributed by atoms with Crippen molar-refractivity contribution in [3.8, 4) is 11.8 Å². The fraction of sp³-hybridized carbons (Fsp3) is 0.143. The molecule has 3 rings (SSSR count). The van der Waals surface area contributed by atoms with Crippen molar-refractivity contribution in [1.82, 2.24) is 0 Å². The molecule has 1 aromatic heterocycles. The number of benzene rings is 2. The maximum atomic E-state index is 11.3. The Morgan fingerprint density at radius 2 is 1.29 bits per heavy atom. The van der Waals surface area contributed by atoms with Gasteiger partial charge in [0.1, 0.15) is 0 Å². The van der Waals surface area contributed by atoms with Gasteiger partial charge >= 0.3 is 0 Å². The van der Waals surface area contributed by atoms with Crippen LogP contribution in [-0.2, 0) is 11.2 Å². The minimum atomic E-state index is -1.48. The smallest absolute Gasteiger partial charge is 0.176 e.